The monoisotopic (exact) mass is 764 g/mol. The van der Waals surface area contributed by atoms with Crippen molar-refractivity contribution in [2.45, 2.75) is 44.7 Å². The number of benzene rings is 2. The van der Waals surface area contributed by atoms with Crippen LogP contribution in [0.3, 0.4) is 0 Å². The second kappa shape index (κ2) is 22.6. The molecule has 1 atom stereocenters. The van der Waals surface area contributed by atoms with Crippen molar-refractivity contribution in [3.8, 4) is 0 Å². The van der Waals surface area contributed by atoms with E-state index < -0.39 is 16.3 Å². The summed E-state index contributed by atoms with van der Waals surface area (Å²) < 4.78 is 14.7. The second-order valence-electron chi connectivity index (χ2n) is 13.0. The van der Waals surface area contributed by atoms with E-state index in [4.69, 9.17) is 14.3 Å². The predicted octanol–water partition coefficient (Wildman–Crippen LogP) is 2.58. The number of anilines is 2. The minimum atomic E-state index is -0.805. The van der Waals surface area contributed by atoms with Gasteiger partial charge in [-0.1, -0.05) is 24.6 Å². The molecular weight excluding hydrogens is 709 g/mol. The van der Waals surface area contributed by atoms with E-state index in [1.54, 1.807) is 29.1 Å². The van der Waals surface area contributed by atoms with Gasteiger partial charge < -0.3 is 25.3 Å². The summed E-state index contributed by atoms with van der Waals surface area (Å²) >= 11 is 0. The summed E-state index contributed by atoms with van der Waals surface area (Å²) in [5.74, 6) is 0.623. The van der Waals surface area contributed by atoms with Crippen LogP contribution in [0.15, 0.2) is 102 Å². The summed E-state index contributed by atoms with van der Waals surface area (Å²) in [6.07, 6.45) is 11.0. The first kappa shape index (κ1) is 42.1. The van der Waals surface area contributed by atoms with Gasteiger partial charge in [0.15, 0.2) is 37.6 Å². The smallest absolute Gasteiger partial charge is 0.304 e. The Hall–Kier alpha value is -4.61. The van der Waals surface area contributed by atoms with Gasteiger partial charge in [0.05, 0.1) is 38.7 Å². The molecule has 7 N–H and O–H groups in total. The molecule has 2 aromatic heterocycles. The summed E-state index contributed by atoms with van der Waals surface area (Å²) in [6, 6.07) is 23.3. The Morgan fingerprint density at radius 1 is 0.815 bits per heavy atom. The molecule has 2 heterocycles. The topological polar surface area (TPSA) is 162 Å². The lowest BCUT2D eigenvalue weighted by molar-refractivity contribution is -0.704. The van der Waals surface area contributed by atoms with Crippen LogP contribution in [0.5, 0.6) is 0 Å². The van der Waals surface area contributed by atoms with Crippen molar-refractivity contribution >= 4 is 33.2 Å². The van der Waals surface area contributed by atoms with Gasteiger partial charge in [-0.3, -0.25) is 25.3 Å². The number of hydrazine groups is 2. The van der Waals surface area contributed by atoms with Crippen LogP contribution in [0, 0.1) is 6.92 Å². The third kappa shape index (κ3) is 15.4. The number of amides is 2. The first-order chi connectivity index (χ1) is 26.1. The highest BCUT2D eigenvalue weighted by Gasteiger charge is 2.15. The number of aliphatic hydroxyl groups is 1. The largest absolute Gasteiger partial charge is 0.378 e. The number of pyridine rings is 2. The van der Waals surface area contributed by atoms with Crippen molar-refractivity contribution in [3.05, 3.63) is 114 Å². The Morgan fingerprint density at radius 2 is 1.48 bits per heavy atom. The number of carbonyl (C=O) groups is 2. The van der Waals surface area contributed by atoms with Gasteiger partial charge in [0.1, 0.15) is 5.56 Å². The molecule has 0 aliphatic carbocycles. The SMILES string of the molecule is CCS(C)(C)c1ccc(NNC(=O)C[n+]2cccc(C(=O)NCCOCCOCCNOCc3ccc[n+](CC(O)NNc4ccc(C)cc4)c3)c2)cc1. The first-order valence-electron chi connectivity index (χ1n) is 18.0. The number of aromatic nitrogens is 2. The van der Waals surface area contributed by atoms with Gasteiger partial charge in [-0.15, -0.1) is 0 Å². The molecule has 0 aliphatic rings. The van der Waals surface area contributed by atoms with Crippen LogP contribution in [0.4, 0.5) is 11.4 Å². The highest BCUT2D eigenvalue weighted by molar-refractivity contribution is 8.32. The molecule has 0 spiro atoms. The third-order valence-electron chi connectivity index (χ3n) is 8.34. The predicted molar refractivity (Wildman–Crippen MR) is 210 cm³/mol. The molecule has 0 aliphatic heterocycles. The minimum absolute atomic E-state index is 0.0508. The molecule has 4 rings (SSSR count). The molecule has 0 bridgehead atoms. The molecule has 54 heavy (non-hydrogen) atoms. The Bertz CT molecular complexity index is 1730. The van der Waals surface area contributed by atoms with Gasteiger partial charge in [-0.05, 0) is 78.6 Å². The van der Waals surface area contributed by atoms with E-state index >= 15 is 0 Å². The lowest BCUT2D eigenvalue weighted by Crippen LogP contribution is -2.47. The molecule has 2 amide bonds. The van der Waals surface area contributed by atoms with Crippen LogP contribution < -0.4 is 41.6 Å². The van der Waals surface area contributed by atoms with Gasteiger partial charge in [0.2, 0.25) is 6.54 Å². The maximum Gasteiger partial charge on any atom is 0.304 e. The number of hydrogen-bond acceptors (Lipinski definition) is 10. The Kier molecular flexibility index (Phi) is 17.6. The zero-order valence-corrected chi connectivity index (χ0v) is 32.5. The molecule has 0 saturated carbocycles. The Balaban J connectivity index is 0.995. The number of hydrogen-bond donors (Lipinski definition) is 7. The number of rotatable bonds is 24. The van der Waals surface area contributed by atoms with Gasteiger partial charge in [-0.2, -0.15) is 10.0 Å². The van der Waals surface area contributed by atoms with Crippen molar-refractivity contribution in [3.63, 3.8) is 0 Å². The average molecular weight is 765 g/mol. The molecule has 4 aromatic rings. The second-order valence-corrected chi connectivity index (χ2v) is 17.1. The van der Waals surface area contributed by atoms with Gasteiger partial charge in [0.25, 0.3) is 5.91 Å². The number of ether oxygens (including phenoxy) is 2. The summed E-state index contributed by atoms with van der Waals surface area (Å²) in [7, 11) is -0.805. The highest BCUT2D eigenvalue weighted by Crippen LogP contribution is 2.48. The maximum atomic E-state index is 12.6. The number of carbonyl (C=O) groups excluding carboxylic acids is 2. The van der Waals surface area contributed by atoms with E-state index in [1.165, 1.54) is 10.5 Å². The highest BCUT2D eigenvalue weighted by atomic mass is 32.3. The van der Waals surface area contributed by atoms with Gasteiger partial charge >= 0.3 is 5.91 Å². The zero-order chi connectivity index (χ0) is 38.6. The average Bonchev–Trinajstić information content (AvgIpc) is 3.17. The van der Waals surface area contributed by atoms with E-state index in [2.05, 4.69) is 64.1 Å². The third-order valence-corrected chi connectivity index (χ3v) is 11.3. The number of aryl methyl sites for hydroxylation is 1. The van der Waals surface area contributed by atoms with Crippen LogP contribution in [0.25, 0.3) is 0 Å². The van der Waals surface area contributed by atoms with Crippen LogP contribution >= 0.6 is 10.0 Å². The first-order valence-corrected chi connectivity index (χ1v) is 20.6. The Morgan fingerprint density at radius 3 is 2.22 bits per heavy atom. The molecule has 0 fully saturated rings. The number of aliphatic hydroxyl groups excluding tert-OH is 1. The Labute approximate surface area is 319 Å². The molecule has 292 valence electrons. The zero-order valence-electron chi connectivity index (χ0n) is 31.7. The number of nitrogens with zero attached hydrogens (tertiary/aromatic N) is 2. The van der Waals surface area contributed by atoms with E-state index in [-0.39, 0.29) is 18.4 Å². The fourth-order valence-electron chi connectivity index (χ4n) is 4.98. The lowest BCUT2D eigenvalue weighted by Gasteiger charge is -2.30. The fraction of sp³-hybridized carbons (Fsp3) is 0.385. The molecular formula is C39H56N8O6S+2. The summed E-state index contributed by atoms with van der Waals surface area (Å²) in [6.45, 7) is 7.38. The molecule has 1 unspecified atom stereocenters. The summed E-state index contributed by atoms with van der Waals surface area (Å²) in [5.41, 5.74) is 18.7. The van der Waals surface area contributed by atoms with E-state index in [1.807, 2.05) is 72.4 Å². The molecule has 2 aromatic carbocycles. The van der Waals surface area contributed by atoms with Gasteiger partial charge in [0, 0.05) is 36.5 Å². The molecule has 15 heteroatoms. The van der Waals surface area contributed by atoms with Crippen LogP contribution in [-0.2, 0) is 38.8 Å². The van der Waals surface area contributed by atoms with Crippen molar-refractivity contribution in [2.75, 3.05) is 68.6 Å². The summed E-state index contributed by atoms with van der Waals surface area (Å²) in [5, 5.41) is 13.2. The lowest BCUT2D eigenvalue weighted by atomic mass is 10.2. The van der Waals surface area contributed by atoms with E-state index in [0.717, 1.165) is 22.7 Å². The van der Waals surface area contributed by atoms with Gasteiger partial charge in [-0.25, -0.2) is 20.0 Å². The maximum absolute atomic E-state index is 12.6. The van der Waals surface area contributed by atoms with Crippen molar-refractivity contribution in [2.24, 2.45) is 0 Å². The number of hydroxylamine groups is 1. The van der Waals surface area contributed by atoms with Crippen LogP contribution in [-0.4, -0.2) is 80.9 Å². The minimum Gasteiger partial charge on any atom is -0.378 e. The van der Waals surface area contributed by atoms with E-state index in [0.29, 0.717) is 58.2 Å². The molecule has 0 radical (unpaired) electrons. The van der Waals surface area contributed by atoms with Crippen molar-refractivity contribution in [1.82, 2.24) is 21.6 Å². The standard InChI is InChI=1S/C39H54N8O6S/c1-5-54(3,4)36-16-14-35(15-17-36)43-45-38(49)29-47-21-7-9-33(27-47)39(50)40-18-22-51-24-25-52-23-19-41-53-30-32-8-6-20-46(26-32)28-37(48)44-42-34-12-10-31(2)11-13-34/h6-17,20-21,26-27,37,41-44,48H,5,18-19,22-25,28-30H2,1-4H3/p+2. The van der Waals surface area contributed by atoms with Crippen LogP contribution in [0.2, 0.25) is 0 Å². The van der Waals surface area contributed by atoms with Crippen LogP contribution in [0.1, 0.15) is 28.4 Å². The van der Waals surface area contributed by atoms with Crippen molar-refractivity contribution < 1.29 is 38.1 Å². The normalized spacial score (nSPS) is 12.2. The van der Waals surface area contributed by atoms with Crippen molar-refractivity contribution in [1.29, 1.82) is 0 Å². The van der Waals surface area contributed by atoms with E-state index in [9.17, 15) is 14.7 Å². The quantitative estimate of drug-likeness (QED) is 0.0245. The molecule has 0 saturated heterocycles. The summed E-state index contributed by atoms with van der Waals surface area (Å²) in [4.78, 5) is 32.1. The fourth-order valence-corrected chi connectivity index (χ4v) is 6.19. The number of nitrogens with one attached hydrogen (secondary N) is 6. The molecule has 14 nitrogen and oxygen atoms in total.